The first-order valence-electron chi connectivity index (χ1n) is 7.76. The monoisotopic (exact) mass is 325 g/mol. The number of nitrogens with zero attached hydrogens (tertiary/aromatic N) is 1. The predicted molar refractivity (Wildman–Crippen MR) is 93.9 cm³/mol. The summed E-state index contributed by atoms with van der Waals surface area (Å²) in [7, 11) is 2.00. The minimum atomic E-state index is -0.227. The van der Waals surface area contributed by atoms with E-state index in [1.165, 1.54) is 0 Å². The van der Waals surface area contributed by atoms with Crippen molar-refractivity contribution in [3.63, 3.8) is 0 Å². The molecule has 24 heavy (non-hydrogen) atoms. The minimum Gasteiger partial charge on any atom is -0.482 e. The number of benzene rings is 2. The number of nitrogens with one attached hydrogen (secondary N) is 2. The van der Waals surface area contributed by atoms with E-state index in [-0.39, 0.29) is 18.4 Å². The van der Waals surface area contributed by atoms with Gasteiger partial charge in [0.05, 0.1) is 5.69 Å². The topological polar surface area (TPSA) is 70.7 Å². The van der Waals surface area contributed by atoms with Crippen LogP contribution in [0.1, 0.15) is 17.3 Å². The van der Waals surface area contributed by atoms with Gasteiger partial charge in [-0.2, -0.15) is 0 Å². The zero-order chi connectivity index (χ0) is 17.1. The molecule has 6 nitrogen and oxygen atoms in total. The van der Waals surface area contributed by atoms with Gasteiger partial charge in [0.2, 0.25) is 0 Å². The van der Waals surface area contributed by atoms with Gasteiger partial charge in [0.1, 0.15) is 5.75 Å². The molecular weight excluding hydrogens is 306 g/mol. The molecule has 0 bridgehead atoms. The van der Waals surface area contributed by atoms with Crippen LogP contribution in [0.2, 0.25) is 0 Å². The quantitative estimate of drug-likeness (QED) is 0.907. The normalized spacial score (nSPS) is 12.7. The summed E-state index contributed by atoms with van der Waals surface area (Å²) in [4.78, 5) is 25.8. The molecule has 1 aliphatic heterocycles. The first-order chi connectivity index (χ1) is 11.6. The second-order valence-corrected chi connectivity index (χ2v) is 5.57. The summed E-state index contributed by atoms with van der Waals surface area (Å²) in [5, 5.41) is 5.59. The van der Waals surface area contributed by atoms with Crippen LogP contribution in [0, 0.1) is 0 Å². The van der Waals surface area contributed by atoms with Crippen LogP contribution in [-0.4, -0.2) is 32.0 Å². The summed E-state index contributed by atoms with van der Waals surface area (Å²) in [5.74, 6) is 0.0767. The zero-order valence-electron chi connectivity index (χ0n) is 13.6. The molecular formula is C18H19N3O3. The van der Waals surface area contributed by atoms with Gasteiger partial charge >= 0.3 is 0 Å². The minimum absolute atomic E-state index is 0.0382. The molecule has 1 aliphatic rings. The number of anilines is 3. The first kappa shape index (κ1) is 15.9. The fraction of sp³-hybridized carbons (Fsp3) is 0.222. The highest BCUT2D eigenvalue weighted by molar-refractivity contribution is 6.05. The Morgan fingerprint density at radius 2 is 2.12 bits per heavy atom. The van der Waals surface area contributed by atoms with Crippen LogP contribution in [0.5, 0.6) is 5.75 Å². The van der Waals surface area contributed by atoms with Gasteiger partial charge in [-0.05, 0) is 43.3 Å². The lowest BCUT2D eigenvalue weighted by molar-refractivity contribution is -0.118. The fourth-order valence-electron chi connectivity index (χ4n) is 2.42. The summed E-state index contributed by atoms with van der Waals surface area (Å²) >= 11 is 0. The number of amides is 2. The van der Waals surface area contributed by atoms with Crippen molar-refractivity contribution in [1.82, 2.24) is 0 Å². The van der Waals surface area contributed by atoms with Gasteiger partial charge < -0.3 is 20.3 Å². The summed E-state index contributed by atoms with van der Waals surface area (Å²) in [5.41, 5.74) is 2.81. The van der Waals surface area contributed by atoms with E-state index in [0.29, 0.717) is 17.0 Å². The molecule has 2 N–H and O–H groups in total. The van der Waals surface area contributed by atoms with Crippen LogP contribution in [-0.2, 0) is 4.79 Å². The SMILES string of the molecule is CCN(C)c1cccc(NC(=O)c2ccc3c(c2)OCC(=O)N3)c1. The lowest BCUT2D eigenvalue weighted by Crippen LogP contribution is -2.25. The van der Waals surface area contributed by atoms with Crippen LogP contribution in [0.4, 0.5) is 17.1 Å². The van der Waals surface area contributed by atoms with Crippen molar-refractivity contribution in [1.29, 1.82) is 0 Å². The molecule has 1 heterocycles. The van der Waals surface area contributed by atoms with E-state index in [0.717, 1.165) is 17.9 Å². The van der Waals surface area contributed by atoms with Crippen LogP contribution in [0.25, 0.3) is 0 Å². The molecule has 124 valence electrons. The molecule has 0 aromatic heterocycles. The Balaban J connectivity index is 1.77. The van der Waals surface area contributed by atoms with Gasteiger partial charge in [-0.15, -0.1) is 0 Å². The van der Waals surface area contributed by atoms with Crippen molar-refractivity contribution in [3.05, 3.63) is 48.0 Å². The maximum atomic E-state index is 12.4. The highest BCUT2D eigenvalue weighted by Gasteiger charge is 2.18. The van der Waals surface area contributed by atoms with Crippen molar-refractivity contribution < 1.29 is 14.3 Å². The van der Waals surface area contributed by atoms with E-state index in [4.69, 9.17) is 4.74 Å². The zero-order valence-corrected chi connectivity index (χ0v) is 13.6. The maximum Gasteiger partial charge on any atom is 0.262 e. The molecule has 2 aromatic carbocycles. The Morgan fingerprint density at radius 1 is 1.29 bits per heavy atom. The van der Waals surface area contributed by atoms with Crippen molar-refractivity contribution in [3.8, 4) is 5.75 Å². The Hall–Kier alpha value is -3.02. The molecule has 2 aromatic rings. The number of carbonyl (C=O) groups is 2. The average Bonchev–Trinajstić information content (AvgIpc) is 2.60. The van der Waals surface area contributed by atoms with E-state index >= 15 is 0 Å². The highest BCUT2D eigenvalue weighted by atomic mass is 16.5. The lowest BCUT2D eigenvalue weighted by Gasteiger charge is -2.19. The standard InChI is InChI=1S/C18H19N3O3/c1-3-21(2)14-6-4-5-13(10-14)19-18(23)12-7-8-15-16(9-12)24-11-17(22)20-15/h4-10H,3,11H2,1-2H3,(H,19,23)(H,20,22). The summed E-state index contributed by atoms with van der Waals surface area (Å²) < 4.78 is 5.34. The molecule has 0 saturated heterocycles. The van der Waals surface area contributed by atoms with Crippen LogP contribution in [0.3, 0.4) is 0 Å². The van der Waals surface area contributed by atoms with Gasteiger partial charge in [-0.1, -0.05) is 6.07 Å². The average molecular weight is 325 g/mol. The van der Waals surface area contributed by atoms with Crippen molar-refractivity contribution in [2.24, 2.45) is 0 Å². The van der Waals surface area contributed by atoms with Gasteiger partial charge in [-0.25, -0.2) is 0 Å². The number of carbonyl (C=O) groups excluding carboxylic acids is 2. The summed E-state index contributed by atoms with van der Waals surface area (Å²) in [6.45, 7) is 2.91. The van der Waals surface area contributed by atoms with E-state index < -0.39 is 0 Å². The largest absolute Gasteiger partial charge is 0.482 e. The molecule has 0 unspecified atom stereocenters. The molecule has 0 saturated carbocycles. The molecule has 0 fully saturated rings. The second kappa shape index (κ2) is 6.62. The third-order valence-corrected chi connectivity index (χ3v) is 3.90. The summed E-state index contributed by atoms with van der Waals surface area (Å²) in [6.07, 6.45) is 0. The first-order valence-corrected chi connectivity index (χ1v) is 7.76. The molecule has 0 atom stereocenters. The molecule has 2 amide bonds. The highest BCUT2D eigenvalue weighted by Crippen LogP contribution is 2.29. The third-order valence-electron chi connectivity index (χ3n) is 3.90. The Kier molecular flexibility index (Phi) is 4.37. The third kappa shape index (κ3) is 3.32. The Morgan fingerprint density at radius 3 is 2.92 bits per heavy atom. The fourth-order valence-corrected chi connectivity index (χ4v) is 2.42. The molecule has 0 radical (unpaired) electrons. The predicted octanol–water partition coefficient (Wildman–Crippen LogP) is 2.73. The summed E-state index contributed by atoms with van der Waals surface area (Å²) in [6, 6.07) is 12.6. The molecule has 0 aliphatic carbocycles. The Labute approximate surface area is 140 Å². The van der Waals surface area contributed by atoms with Gasteiger partial charge in [0, 0.05) is 30.5 Å². The molecule has 0 spiro atoms. The second-order valence-electron chi connectivity index (χ2n) is 5.57. The number of hydrogen-bond acceptors (Lipinski definition) is 4. The number of rotatable bonds is 4. The van der Waals surface area contributed by atoms with Crippen LogP contribution < -0.4 is 20.3 Å². The van der Waals surface area contributed by atoms with Gasteiger partial charge in [0.25, 0.3) is 11.8 Å². The van der Waals surface area contributed by atoms with E-state index in [2.05, 4.69) is 22.5 Å². The van der Waals surface area contributed by atoms with E-state index in [1.807, 2.05) is 31.3 Å². The van der Waals surface area contributed by atoms with Gasteiger partial charge in [0.15, 0.2) is 6.61 Å². The number of fused-ring (bicyclic) bond motifs is 1. The van der Waals surface area contributed by atoms with Crippen molar-refractivity contribution in [2.75, 3.05) is 35.7 Å². The number of ether oxygens (including phenoxy) is 1. The maximum absolute atomic E-state index is 12.4. The molecule has 3 rings (SSSR count). The van der Waals surface area contributed by atoms with Crippen molar-refractivity contribution >= 4 is 28.9 Å². The lowest BCUT2D eigenvalue weighted by atomic mass is 10.1. The Bertz CT molecular complexity index is 789. The van der Waals surface area contributed by atoms with Gasteiger partial charge in [-0.3, -0.25) is 9.59 Å². The smallest absolute Gasteiger partial charge is 0.262 e. The van der Waals surface area contributed by atoms with E-state index in [1.54, 1.807) is 18.2 Å². The number of hydrogen-bond donors (Lipinski definition) is 2. The van der Waals surface area contributed by atoms with E-state index in [9.17, 15) is 9.59 Å². The van der Waals surface area contributed by atoms with Crippen molar-refractivity contribution in [2.45, 2.75) is 6.92 Å². The van der Waals surface area contributed by atoms with Crippen LogP contribution >= 0.6 is 0 Å². The molecule has 6 heteroatoms. The van der Waals surface area contributed by atoms with Crippen LogP contribution in [0.15, 0.2) is 42.5 Å².